The first kappa shape index (κ1) is 32.3. The molecule has 0 fully saturated rings. The van der Waals surface area contributed by atoms with Gasteiger partial charge in [-0.1, -0.05) is 51.4 Å². The van der Waals surface area contributed by atoms with Gasteiger partial charge in [0, 0.05) is 47.8 Å². The van der Waals surface area contributed by atoms with Crippen LogP contribution in [-0.2, 0) is 21.0 Å². The molecule has 2 N–H and O–H groups in total. The summed E-state index contributed by atoms with van der Waals surface area (Å²) in [7, 11) is 1.48. The maximum atomic E-state index is 14.0. The van der Waals surface area contributed by atoms with Crippen LogP contribution in [0.5, 0.6) is 11.5 Å². The predicted molar refractivity (Wildman–Crippen MR) is 168 cm³/mol. The molecule has 1 aliphatic heterocycles. The first-order chi connectivity index (χ1) is 21.1. The second kappa shape index (κ2) is 12.0. The number of carbonyl (C=O) groups is 4. The van der Waals surface area contributed by atoms with E-state index in [-0.39, 0.29) is 58.3 Å². The number of Topliss-reactive ketones (excluding diaryl/α,β-unsaturated/α-hetero) is 2. The summed E-state index contributed by atoms with van der Waals surface area (Å²) in [4.78, 5) is 52.8. The van der Waals surface area contributed by atoms with Gasteiger partial charge in [-0.15, -0.1) is 0 Å². The minimum absolute atomic E-state index is 0.0732. The standard InChI is InChI=1S/C35H38ClNO8/c1-34(2)14-23-30(25(38)16-34)29(31-24(37(23)11-10-28(40)41)15-35(3,4)17-26(31)39)21-12-22(36)32(27(13-21)44-5)45-18-19-6-8-20(9-7-19)33(42)43/h6-9,12-13,29H,10-11,14-18H2,1-5H3,(H,40,41)(H,42,43). The third kappa shape index (κ3) is 6.50. The number of halogens is 1. The van der Waals surface area contributed by atoms with E-state index in [4.69, 9.17) is 21.1 Å². The minimum atomic E-state index is -1.02. The van der Waals surface area contributed by atoms with Crippen molar-refractivity contribution in [3.63, 3.8) is 0 Å². The van der Waals surface area contributed by atoms with Crippen molar-refractivity contribution in [1.82, 2.24) is 4.90 Å². The topological polar surface area (TPSA) is 130 Å². The van der Waals surface area contributed by atoms with Gasteiger partial charge in [-0.05, 0) is 59.1 Å². The Labute approximate surface area is 267 Å². The van der Waals surface area contributed by atoms with E-state index in [0.717, 1.165) is 17.0 Å². The smallest absolute Gasteiger partial charge is 0.335 e. The maximum Gasteiger partial charge on any atom is 0.335 e. The normalized spacial score (nSPS) is 19.3. The fourth-order valence-corrected chi connectivity index (χ4v) is 7.08. The molecule has 2 aromatic rings. The largest absolute Gasteiger partial charge is 0.493 e. The number of carbonyl (C=O) groups excluding carboxylic acids is 2. The molecule has 0 radical (unpaired) electrons. The molecule has 0 atom stereocenters. The number of carboxylic acids is 2. The number of aliphatic carboxylic acids is 1. The number of ketones is 2. The van der Waals surface area contributed by atoms with E-state index in [0.29, 0.717) is 48.1 Å². The van der Waals surface area contributed by atoms with Crippen LogP contribution in [-0.4, -0.2) is 52.3 Å². The molecule has 0 spiro atoms. The summed E-state index contributed by atoms with van der Waals surface area (Å²) in [6.45, 7) is 8.38. The summed E-state index contributed by atoms with van der Waals surface area (Å²) in [6, 6.07) is 9.76. The van der Waals surface area contributed by atoms with Crippen LogP contribution in [0.4, 0.5) is 0 Å². The van der Waals surface area contributed by atoms with Gasteiger partial charge in [-0.2, -0.15) is 0 Å². The van der Waals surface area contributed by atoms with E-state index in [1.807, 2.05) is 32.6 Å². The molecule has 5 rings (SSSR count). The Morgan fingerprint density at radius 3 is 1.96 bits per heavy atom. The van der Waals surface area contributed by atoms with Crippen LogP contribution in [0.1, 0.15) is 87.2 Å². The molecular weight excluding hydrogens is 598 g/mol. The number of benzene rings is 2. The van der Waals surface area contributed by atoms with Crippen LogP contribution in [0.15, 0.2) is 58.9 Å². The molecule has 9 nitrogen and oxygen atoms in total. The highest BCUT2D eigenvalue weighted by Gasteiger charge is 2.49. The summed E-state index contributed by atoms with van der Waals surface area (Å²) in [5, 5.41) is 19.0. The number of ether oxygens (including phenoxy) is 2. The highest BCUT2D eigenvalue weighted by molar-refractivity contribution is 6.32. The number of methoxy groups -OCH3 is 1. The molecule has 0 aromatic heterocycles. The molecule has 2 aliphatic carbocycles. The second-order valence-electron chi connectivity index (χ2n) is 13.7. The lowest BCUT2D eigenvalue weighted by Gasteiger charge is -2.49. The Morgan fingerprint density at radius 2 is 1.47 bits per heavy atom. The van der Waals surface area contributed by atoms with Crippen molar-refractivity contribution in [2.75, 3.05) is 13.7 Å². The number of nitrogens with zero attached hydrogens (tertiary/aromatic N) is 1. The van der Waals surface area contributed by atoms with E-state index in [2.05, 4.69) is 0 Å². The van der Waals surface area contributed by atoms with Gasteiger partial charge >= 0.3 is 11.9 Å². The van der Waals surface area contributed by atoms with Gasteiger partial charge in [0.1, 0.15) is 6.61 Å². The Hall–Kier alpha value is -4.11. The third-order valence-corrected chi connectivity index (χ3v) is 9.02. The van der Waals surface area contributed by atoms with Crippen LogP contribution in [0.25, 0.3) is 0 Å². The van der Waals surface area contributed by atoms with E-state index >= 15 is 0 Å². The van der Waals surface area contributed by atoms with E-state index < -0.39 is 17.9 Å². The van der Waals surface area contributed by atoms with Crippen LogP contribution in [0.2, 0.25) is 5.02 Å². The van der Waals surface area contributed by atoms with Gasteiger partial charge in [0.15, 0.2) is 23.1 Å². The summed E-state index contributed by atoms with van der Waals surface area (Å²) in [5.74, 6) is -2.20. The zero-order chi connectivity index (χ0) is 32.8. The van der Waals surface area contributed by atoms with Crippen molar-refractivity contribution < 1.29 is 38.9 Å². The predicted octanol–water partition coefficient (Wildman–Crippen LogP) is 6.79. The number of allylic oxidation sites excluding steroid dienone is 4. The fraction of sp³-hybridized carbons (Fsp3) is 0.429. The second-order valence-corrected chi connectivity index (χ2v) is 14.1. The van der Waals surface area contributed by atoms with E-state index in [1.165, 1.54) is 19.2 Å². The van der Waals surface area contributed by atoms with Crippen LogP contribution >= 0.6 is 11.6 Å². The molecule has 0 bridgehead atoms. The van der Waals surface area contributed by atoms with Crippen molar-refractivity contribution in [1.29, 1.82) is 0 Å². The molecular formula is C35H38ClNO8. The van der Waals surface area contributed by atoms with Crippen LogP contribution in [0, 0.1) is 10.8 Å². The average molecular weight is 636 g/mol. The van der Waals surface area contributed by atoms with Gasteiger partial charge in [0.2, 0.25) is 0 Å². The van der Waals surface area contributed by atoms with Gasteiger partial charge in [-0.25, -0.2) is 4.79 Å². The summed E-state index contributed by atoms with van der Waals surface area (Å²) in [5.41, 5.74) is 3.39. The zero-order valence-corrected chi connectivity index (χ0v) is 26.9. The molecule has 238 valence electrons. The number of hydrogen-bond acceptors (Lipinski definition) is 7. The molecule has 0 saturated heterocycles. The van der Waals surface area contributed by atoms with Crippen LogP contribution in [0.3, 0.4) is 0 Å². The molecule has 1 heterocycles. The first-order valence-electron chi connectivity index (χ1n) is 14.9. The molecule has 3 aliphatic rings. The molecule has 0 amide bonds. The van der Waals surface area contributed by atoms with Gasteiger partial charge in [0.25, 0.3) is 0 Å². The number of hydrogen-bond donors (Lipinski definition) is 2. The SMILES string of the molecule is COc1cc(C2C3=C(CC(C)(C)CC3=O)N(CCC(=O)O)C3=C2C(=O)CC(C)(C)C3)cc(Cl)c1OCc1ccc(C(=O)O)cc1. The Balaban J connectivity index is 1.62. The summed E-state index contributed by atoms with van der Waals surface area (Å²) < 4.78 is 11.8. The number of aromatic carboxylic acids is 1. The van der Waals surface area contributed by atoms with Crippen LogP contribution < -0.4 is 9.47 Å². The number of carboxylic acid groups (broad SMARTS) is 2. The lowest BCUT2D eigenvalue weighted by Crippen LogP contribution is -2.45. The zero-order valence-electron chi connectivity index (χ0n) is 26.2. The average Bonchev–Trinajstić information content (AvgIpc) is 2.93. The Kier molecular flexibility index (Phi) is 8.61. The lowest BCUT2D eigenvalue weighted by atomic mass is 9.63. The molecule has 2 aromatic carbocycles. The number of rotatable bonds is 9. The lowest BCUT2D eigenvalue weighted by molar-refractivity contribution is -0.137. The quantitative estimate of drug-likeness (QED) is 0.306. The summed E-state index contributed by atoms with van der Waals surface area (Å²) >= 11 is 6.83. The molecule has 10 heteroatoms. The van der Waals surface area contributed by atoms with Crippen molar-refractivity contribution in [2.24, 2.45) is 10.8 Å². The molecule has 45 heavy (non-hydrogen) atoms. The fourth-order valence-electron chi connectivity index (χ4n) is 6.80. The Morgan fingerprint density at radius 1 is 0.911 bits per heavy atom. The third-order valence-electron chi connectivity index (χ3n) is 8.74. The van der Waals surface area contributed by atoms with E-state index in [9.17, 15) is 29.4 Å². The summed E-state index contributed by atoms with van der Waals surface area (Å²) in [6.07, 6.45) is 1.57. The maximum absolute atomic E-state index is 14.0. The van der Waals surface area contributed by atoms with Gasteiger partial charge in [0.05, 0.1) is 24.1 Å². The monoisotopic (exact) mass is 635 g/mol. The molecule has 0 unspecified atom stereocenters. The first-order valence-corrected chi connectivity index (χ1v) is 15.3. The molecule has 0 saturated carbocycles. The highest BCUT2D eigenvalue weighted by atomic mass is 35.5. The Bertz CT molecular complexity index is 1600. The van der Waals surface area contributed by atoms with Crippen molar-refractivity contribution in [2.45, 2.75) is 72.3 Å². The minimum Gasteiger partial charge on any atom is -0.493 e. The van der Waals surface area contributed by atoms with Gasteiger partial charge in [-0.3, -0.25) is 14.4 Å². The van der Waals surface area contributed by atoms with Gasteiger partial charge < -0.3 is 24.6 Å². The van der Waals surface area contributed by atoms with Crippen molar-refractivity contribution in [3.8, 4) is 11.5 Å². The van der Waals surface area contributed by atoms with E-state index in [1.54, 1.807) is 24.3 Å². The highest BCUT2D eigenvalue weighted by Crippen LogP contribution is 2.55. The van der Waals surface area contributed by atoms with Crippen molar-refractivity contribution in [3.05, 3.63) is 80.7 Å². The van der Waals surface area contributed by atoms with Crippen molar-refractivity contribution >= 4 is 35.1 Å².